The molecule has 0 spiro atoms. The molecule has 0 aromatic carbocycles. The lowest BCUT2D eigenvalue weighted by molar-refractivity contribution is 0.404. The number of hydrogen-bond donors (Lipinski definition) is 0. The molecule has 1 aliphatic rings. The van der Waals surface area contributed by atoms with Crippen LogP contribution in [-0.4, -0.2) is 31.4 Å². The summed E-state index contributed by atoms with van der Waals surface area (Å²) < 4.78 is 0. The zero-order chi connectivity index (χ0) is 18.6. The van der Waals surface area contributed by atoms with Crippen molar-refractivity contribution in [2.24, 2.45) is 0 Å². The summed E-state index contributed by atoms with van der Waals surface area (Å²) in [5.74, 6) is 0. The van der Waals surface area contributed by atoms with E-state index in [1.807, 2.05) is 25.4 Å². The third-order valence-electron chi connectivity index (χ3n) is 4.63. The maximum atomic E-state index is 4.73. The number of pyridine rings is 2. The standard InChI is InChI=1S/C22H21N5/c1-16-10-20(18-5-6-24-17(2)11-18)12-26-22(16)15-27-9-3-4-19(14-27)21-13-23-7-8-25-21/h3-13H,14-15H2,1-2H3. The maximum Gasteiger partial charge on any atom is 0.0862 e. The molecule has 134 valence electrons. The largest absolute Gasteiger partial charge is 0.367 e. The van der Waals surface area contributed by atoms with Crippen LogP contribution < -0.4 is 0 Å². The fourth-order valence-electron chi connectivity index (χ4n) is 3.19. The van der Waals surface area contributed by atoms with Crippen molar-refractivity contribution in [1.29, 1.82) is 0 Å². The highest BCUT2D eigenvalue weighted by molar-refractivity contribution is 5.66. The first-order chi connectivity index (χ1) is 13.2. The molecule has 5 nitrogen and oxygen atoms in total. The summed E-state index contributed by atoms with van der Waals surface area (Å²) in [6.07, 6.45) is 15.3. The van der Waals surface area contributed by atoms with Gasteiger partial charge < -0.3 is 4.90 Å². The van der Waals surface area contributed by atoms with E-state index < -0.39 is 0 Å². The predicted octanol–water partition coefficient (Wildman–Crippen LogP) is 3.96. The average molecular weight is 355 g/mol. The van der Waals surface area contributed by atoms with Crippen LogP contribution in [0.5, 0.6) is 0 Å². The Morgan fingerprint density at radius 1 is 0.963 bits per heavy atom. The molecule has 3 aromatic rings. The first kappa shape index (κ1) is 17.1. The third kappa shape index (κ3) is 3.92. The minimum absolute atomic E-state index is 0.760. The summed E-state index contributed by atoms with van der Waals surface area (Å²) >= 11 is 0. The number of rotatable bonds is 4. The van der Waals surface area contributed by atoms with Crippen molar-refractivity contribution in [3.05, 3.63) is 90.2 Å². The highest BCUT2D eigenvalue weighted by Crippen LogP contribution is 2.23. The topological polar surface area (TPSA) is 54.8 Å². The first-order valence-electron chi connectivity index (χ1n) is 8.95. The fourth-order valence-corrected chi connectivity index (χ4v) is 3.19. The molecule has 4 heterocycles. The van der Waals surface area contributed by atoms with Crippen LogP contribution in [0, 0.1) is 13.8 Å². The summed E-state index contributed by atoms with van der Waals surface area (Å²) in [5, 5.41) is 0. The van der Waals surface area contributed by atoms with Crippen LogP contribution in [0.4, 0.5) is 0 Å². The normalized spacial score (nSPS) is 13.6. The van der Waals surface area contributed by atoms with Gasteiger partial charge in [0.05, 0.1) is 24.1 Å². The van der Waals surface area contributed by atoms with Crippen LogP contribution in [0.3, 0.4) is 0 Å². The predicted molar refractivity (Wildman–Crippen MR) is 107 cm³/mol. The van der Waals surface area contributed by atoms with Gasteiger partial charge in [-0.3, -0.25) is 19.9 Å². The molecule has 0 saturated heterocycles. The second-order valence-corrected chi connectivity index (χ2v) is 6.70. The summed E-state index contributed by atoms with van der Waals surface area (Å²) in [5.41, 5.74) is 7.62. The highest BCUT2D eigenvalue weighted by Gasteiger charge is 2.13. The Morgan fingerprint density at radius 3 is 2.67 bits per heavy atom. The first-order valence-corrected chi connectivity index (χ1v) is 8.95. The Balaban J connectivity index is 1.50. The molecule has 1 aliphatic heterocycles. The van der Waals surface area contributed by atoms with Crippen LogP contribution in [-0.2, 0) is 6.54 Å². The lowest BCUT2D eigenvalue weighted by Gasteiger charge is -2.24. The van der Waals surface area contributed by atoms with Gasteiger partial charge in [0.1, 0.15) is 0 Å². The summed E-state index contributed by atoms with van der Waals surface area (Å²) in [4.78, 5) is 19.8. The lowest BCUT2D eigenvalue weighted by atomic mass is 10.0. The van der Waals surface area contributed by atoms with Gasteiger partial charge >= 0.3 is 0 Å². The fraction of sp³-hybridized carbons (Fsp3) is 0.182. The van der Waals surface area contributed by atoms with Crippen molar-refractivity contribution < 1.29 is 0 Å². The van der Waals surface area contributed by atoms with Crippen LogP contribution in [0.1, 0.15) is 22.6 Å². The Kier molecular flexibility index (Phi) is 4.75. The van der Waals surface area contributed by atoms with E-state index >= 15 is 0 Å². The molecule has 4 rings (SSSR count). The van der Waals surface area contributed by atoms with Crippen molar-refractivity contribution in [2.45, 2.75) is 20.4 Å². The van der Waals surface area contributed by atoms with Crippen LogP contribution in [0.2, 0.25) is 0 Å². The molecule has 0 fully saturated rings. The average Bonchev–Trinajstić information content (AvgIpc) is 2.70. The highest BCUT2D eigenvalue weighted by atomic mass is 15.1. The number of aromatic nitrogens is 4. The molecule has 5 heteroatoms. The van der Waals surface area contributed by atoms with Gasteiger partial charge in [-0.2, -0.15) is 0 Å². The van der Waals surface area contributed by atoms with Crippen LogP contribution >= 0.6 is 0 Å². The van der Waals surface area contributed by atoms with E-state index in [2.05, 4.69) is 57.3 Å². The molecule has 0 N–H and O–H groups in total. The van der Waals surface area contributed by atoms with Gasteiger partial charge in [0.2, 0.25) is 0 Å². The van der Waals surface area contributed by atoms with Gasteiger partial charge in [-0.05, 0) is 61.0 Å². The van der Waals surface area contributed by atoms with Gasteiger partial charge in [0, 0.05) is 42.6 Å². The van der Waals surface area contributed by atoms with E-state index in [4.69, 9.17) is 4.98 Å². The number of aryl methyl sites for hydroxylation is 2. The van der Waals surface area contributed by atoms with Gasteiger partial charge in [0.15, 0.2) is 0 Å². The van der Waals surface area contributed by atoms with E-state index in [0.717, 1.165) is 46.9 Å². The Labute approximate surface area is 159 Å². The van der Waals surface area contributed by atoms with E-state index in [1.165, 1.54) is 5.56 Å². The van der Waals surface area contributed by atoms with Gasteiger partial charge in [-0.15, -0.1) is 0 Å². The molecule has 0 amide bonds. The third-order valence-corrected chi connectivity index (χ3v) is 4.63. The second-order valence-electron chi connectivity index (χ2n) is 6.70. The smallest absolute Gasteiger partial charge is 0.0862 e. The summed E-state index contributed by atoms with van der Waals surface area (Å²) in [7, 11) is 0. The molecule has 3 aromatic heterocycles. The zero-order valence-corrected chi connectivity index (χ0v) is 15.5. The van der Waals surface area contributed by atoms with Crippen LogP contribution in [0.25, 0.3) is 16.7 Å². The monoisotopic (exact) mass is 355 g/mol. The molecule has 0 atom stereocenters. The molecular weight excluding hydrogens is 334 g/mol. The van der Waals surface area contributed by atoms with E-state index in [9.17, 15) is 0 Å². The molecule has 0 aliphatic carbocycles. The Morgan fingerprint density at radius 2 is 1.89 bits per heavy atom. The molecule has 0 saturated carbocycles. The lowest BCUT2D eigenvalue weighted by Crippen LogP contribution is -2.22. The van der Waals surface area contributed by atoms with E-state index in [0.29, 0.717) is 0 Å². The molecule has 27 heavy (non-hydrogen) atoms. The Bertz CT molecular complexity index is 1010. The minimum Gasteiger partial charge on any atom is -0.367 e. The minimum atomic E-state index is 0.760. The van der Waals surface area contributed by atoms with Crippen molar-refractivity contribution >= 4 is 5.57 Å². The van der Waals surface area contributed by atoms with Crippen molar-refractivity contribution in [3.8, 4) is 11.1 Å². The van der Waals surface area contributed by atoms with E-state index in [1.54, 1.807) is 18.6 Å². The van der Waals surface area contributed by atoms with Gasteiger partial charge in [-0.1, -0.05) is 6.08 Å². The van der Waals surface area contributed by atoms with E-state index in [-0.39, 0.29) is 0 Å². The summed E-state index contributed by atoms with van der Waals surface area (Å²) in [6, 6.07) is 6.31. The number of nitrogens with zero attached hydrogens (tertiary/aromatic N) is 5. The quantitative estimate of drug-likeness (QED) is 0.709. The number of allylic oxidation sites excluding steroid dienone is 2. The second kappa shape index (κ2) is 7.50. The Hall–Kier alpha value is -3.34. The van der Waals surface area contributed by atoms with Gasteiger partial charge in [-0.25, -0.2) is 0 Å². The molecule has 0 radical (unpaired) electrons. The summed E-state index contributed by atoms with van der Waals surface area (Å²) in [6.45, 7) is 5.67. The molecular formula is C22H21N5. The van der Waals surface area contributed by atoms with Crippen molar-refractivity contribution in [1.82, 2.24) is 24.8 Å². The van der Waals surface area contributed by atoms with Gasteiger partial charge in [0.25, 0.3) is 0 Å². The SMILES string of the molecule is Cc1cc(-c2cnc(CN3C=CC=C(c4cnccn4)C3)c(C)c2)ccn1. The molecule has 0 bridgehead atoms. The maximum absolute atomic E-state index is 4.73. The number of hydrogen-bond acceptors (Lipinski definition) is 5. The van der Waals surface area contributed by atoms with Crippen molar-refractivity contribution in [3.63, 3.8) is 0 Å². The molecule has 0 unspecified atom stereocenters. The van der Waals surface area contributed by atoms with Crippen molar-refractivity contribution in [2.75, 3.05) is 6.54 Å². The zero-order valence-electron chi connectivity index (χ0n) is 15.5. The van der Waals surface area contributed by atoms with Crippen LogP contribution in [0.15, 0.2) is 67.5 Å².